The summed E-state index contributed by atoms with van der Waals surface area (Å²) in [7, 11) is 1.43. The first kappa shape index (κ1) is 11.9. The molecule has 2 N–H and O–H groups in total. The Labute approximate surface area is 99.7 Å². The van der Waals surface area contributed by atoms with Gasteiger partial charge in [0, 0.05) is 18.0 Å². The predicted octanol–water partition coefficient (Wildman–Crippen LogP) is 2.05. The van der Waals surface area contributed by atoms with Crippen LogP contribution in [0.4, 0.5) is 5.69 Å². The zero-order chi connectivity index (χ0) is 12.8. The summed E-state index contributed by atoms with van der Waals surface area (Å²) in [5.41, 5.74) is 7.04. The summed E-state index contributed by atoms with van der Waals surface area (Å²) in [5, 5.41) is 10.8. The summed E-state index contributed by atoms with van der Waals surface area (Å²) in [6.07, 6.45) is 0. The highest BCUT2D eigenvalue weighted by Gasteiger charge is 2.56. The van der Waals surface area contributed by atoms with E-state index in [1.54, 1.807) is 12.1 Å². The molecule has 5 heteroatoms. The smallest absolute Gasteiger partial charge is 0.310 e. The van der Waals surface area contributed by atoms with Crippen LogP contribution in [0.15, 0.2) is 18.2 Å². The van der Waals surface area contributed by atoms with E-state index in [9.17, 15) is 10.1 Å². The zero-order valence-electron chi connectivity index (χ0n) is 10.1. The first-order valence-electron chi connectivity index (χ1n) is 5.47. The third kappa shape index (κ3) is 1.76. The van der Waals surface area contributed by atoms with E-state index in [0.29, 0.717) is 5.75 Å². The van der Waals surface area contributed by atoms with Gasteiger partial charge in [0.2, 0.25) is 0 Å². The highest BCUT2D eigenvalue weighted by atomic mass is 16.6. The number of nitrogens with two attached hydrogens (primary N) is 1. The van der Waals surface area contributed by atoms with E-state index in [0.717, 1.165) is 5.56 Å². The molecule has 0 radical (unpaired) electrons. The van der Waals surface area contributed by atoms with Gasteiger partial charge in [-0.3, -0.25) is 10.1 Å². The van der Waals surface area contributed by atoms with E-state index in [4.69, 9.17) is 10.5 Å². The molecule has 17 heavy (non-hydrogen) atoms. The fourth-order valence-electron chi connectivity index (χ4n) is 2.35. The van der Waals surface area contributed by atoms with Crippen molar-refractivity contribution >= 4 is 5.69 Å². The standard InChI is InChI=1S/C12H16N2O3/c1-12(2)10(11(12)13)7-4-5-8(14(15)16)9(6-7)17-3/h4-6,10-11H,13H2,1-3H3/t10-,11-/m0/s1. The highest BCUT2D eigenvalue weighted by molar-refractivity contribution is 5.51. The number of hydrogen-bond acceptors (Lipinski definition) is 4. The average molecular weight is 236 g/mol. The van der Waals surface area contributed by atoms with Gasteiger partial charge in [-0.15, -0.1) is 0 Å². The molecule has 1 aromatic carbocycles. The number of hydrogen-bond donors (Lipinski definition) is 1. The number of benzene rings is 1. The molecule has 0 aromatic heterocycles. The summed E-state index contributed by atoms with van der Waals surface area (Å²) in [4.78, 5) is 10.3. The minimum Gasteiger partial charge on any atom is -0.490 e. The zero-order valence-corrected chi connectivity index (χ0v) is 10.1. The van der Waals surface area contributed by atoms with Crippen LogP contribution < -0.4 is 10.5 Å². The van der Waals surface area contributed by atoms with Crippen molar-refractivity contribution in [3.05, 3.63) is 33.9 Å². The number of ether oxygens (including phenoxy) is 1. The van der Waals surface area contributed by atoms with Crippen LogP contribution in [0, 0.1) is 15.5 Å². The molecule has 0 amide bonds. The lowest BCUT2D eigenvalue weighted by Crippen LogP contribution is -2.06. The van der Waals surface area contributed by atoms with Gasteiger partial charge in [-0.1, -0.05) is 19.9 Å². The SMILES string of the molecule is COc1cc([C@H]2[C@H](N)C2(C)C)ccc1[N+](=O)[O-]. The van der Waals surface area contributed by atoms with Crippen LogP contribution in [0.5, 0.6) is 5.75 Å². The molecule has 2 rings (SSSR count). The molecule has 1 aliphatic rings. The lowest BCUT2D eigenvalue weighted by atomic mass is 10.0. The third-order valence-corrected chi connectivity index (χ3v) is 3.67. The van der Waals surface area contributed by atoms with Crippen molar-refractivity contribution in [1.29, 1.82) is 0 Å². The number of nitrogens with zero attached hydrogens (tertiary/aromatic N) is 1. The second kappa shape index (κ2) is 3.70. The Morgan fingerprint density at radius 1 is 1.47 bits per heavy atom. The first-order chi connectivity index (χ1) is 7.89. The quantitative estimate of drug-likeness (QED) is 0.643. The highest BCUT2D eigenvalue weighted by Crippen LogP contribution is 2.57. The molecule has 0 unspecified atom stereocenters. The topological polar surface area (TPSA) is 78.4 Å². The summed E-state index contributed by atoms with van der Waals surface area (Å²) in [6.45, 7) is 4.19. The summed E-state index contributed by atoms with van der Waals surface area (Å²) < 4.78 is 5.05. The van der Waals surface area contributed by atoms with E-state index in [2.05, 4.69) is 13.8 Å². The number of nitro groups is 1. The van der Waals surface area contributed by atoms with Crippen LogP contribution in [0.3, 0.4) is 0 Å². The van der Waals surface area contributed by atoms with Gasteiger partial charge in [0.1, 0.15) is 0 Å². The van der Waals surface area contributed by atoms with Gasteiger partial charge in [0.15, 0.2) is 5.75 Å². The van der Waals surface area contributed by atoms with Crippen LogP contribution in [0.25, 0.3) is 0 Å². The Morgan fingerprint density at radius 3 is 2.47 bits per heavy atom. The number of methoxy groups -OCH3 is 1. The molecular weight excluding hydrogens is 220 g/mol. The Hall–Kier alpha value is -1.62. The largest absolute Gasteiger partial charge is 0.490 e. The summed E-state index contributed by atoms with van der Waals surface area (Å²) >= 11 is 0. The maximum atomic E-state index is 10.8. The minimum atomic E-state index is -0.444. The van der Waals surface area contributed by atoms with Crippen molar-refractivity contribution in [3.63, 3.8) is 0 Å². The number of nitro benzene ring substituents is 1. The molecule has 0 heterocycles. The summed E-state index contributed by atoms with van der Waals surface area (Å²) in [5.74, 6) is 0.541. The molecular formula is C12H16N2O3. The molecule has 1 fully saturated rings. The van der Waals surface area contributed by atoms with Crippen molar-refractivity contribution < 1.29 is 9.66 Å². The van der Waals surface area contributed by atoms with Crippen LogP contribution in [0.2, 0.25) is 0 Å². The average Bonchev–Trinajstić information content (AvgIpc) is 2.77. The molecule has 0 bridgehead atoms. The molecule has 2 atom stereocenters. The fourth-order valence-corrected chi connectivity index (χ4v) is 2.35. The number of rotatable bonds is 3. The second-order valence-electron chi connectivity index (χ2n) is 5.01. The van der Waals surface area contributed by atoms with Crippen LogP contribution >= 0.6 is 0 Å². The van der Waals surface area contributed by atoms with Gasteiger partial charge in [0.25, 0.3) is 0 Å². The maximum Gasteiger partial charge on any atom is 0.310 e. The normalized spacial score (nSPS) is 25.4. The van der Waals surface area contributed by atoms with Crippen molar-refractivity contribution in [1.82, 2.24) is 0 Å². The van der Waals surface area contributed by atoms with E-state index >= 15 is 0 Å². The van der Waals surface area contributed by atoms with Gasteiger partial charge in [-0.05, 0) is 17.0 Å². The van der Waals surface area contributed by atoms with Gasteiger partial charge in [-0.2, -0.15) is 0 Å². The van der Waals surface area contributed by atoms with Gasteiger partial charge in [-0.25, -0.2) is 0 Å². The van der Waals surface area contributed by atoms with Crippen LogP contribution in [-0.2, 0) is 0 Å². The van der Waals surface area contributed by atoms with E-state index in [-0.39, 0.29) is 23.1 Å². The lowest BCUT2D eigenvalue weighted by molar-refractivity contribution is -0.385. The van der Waals surface area contributed by atoms with Crippen molar-refractivity contribution in [2.24, 2.45) is 11.1 Å². The molecule has 1 saturated carbocycles. The monoisotopic (exact) mass is 236 g/mol. The molecule has 1 aliphatic carbocycles. The second-order valence-corrected chi connectivity index (χ2v) is 5.01. The molecule has 92 valence electrons. The van der Waals surface area contributed by atoms with Crippen molar-refractivity contribution in [3.8, 4) is 5.75 Å². The van der Waals surface area contributed by atoms with E-state index in [1.807, 2.05) is 0 Å². The van der Waals surface area contributed by atoms with Crippen LogP contribution in [-0.4, -0.2) is 18.1 Å². The summed E-state index contributed by atoms with van der Waals surface area (Å²) in [6, 6.07) is 5.07. The Bertz CT molecular complexity index is 471. The van der Waals surface area contributed by atoms with Crippen LogP contribution in [0.1, 0.15) is 25.3 Å². The van der Waals surface area contributed by atoms with Crippen molar-refractivity contribution in [2.75, 3.05) is 7.11 Å². The molecule has 5 nitrogen and oxygen atoms in total. The van der Waals surface area contributed by atoms with Gasteiger partial charge in [0.05, 0.1) is 12.0 Å². The first-order valence-corrected chi connectivity index (χ1v) is 5.47. The van der Waals surface area contributed by atoms with Crippen molar-refractivity contribution in [2.45, 2.75) is 25.8 Å². The lowest BCUT2D eigenvalue weighted by Gasteiger charge is -2.06. The van der Waals surface area contributed by atoms with Gasteiger partial charge < -0.3 is 10.5 Å². The molecule has 1 aromatic rings. The van der Waals surface area contributed by atoms with E-state index in [1.165, 1.54) is 13.2 Å². The van der Waals surface area contributed by atoms with E-state index < -0.39 is 4.92 Å². The molecule has 0 saturated heterocycles. The Balaban J connectivity index is 2.37. The molecule has 0 aliphatic heterocycles. The Morgan fingerprint density at radius 2 is 2.06 bits per heavy atom. The predicted molar refractivity (Wildman–Crippen MR) is 64.1 cm³/mol. The maximum absolute atomic E-state index is 10.8. The fraction of sp³-hybridized carbons (Fsp3) is 0.500. The molecule has 0 spiro atoms. The minimum absolute atomic E-state index is 0.0109. The Kier molecular flexibility index (Phi) is 2.58. The van der Waals surface area contributed by atoms with Gasteiger partial charge >= 0.3 is 5.69 Å². The third-order valence-electron chi connectivity index (χ3n) is 3.67.